The van der Waals surface area contributed by atoms with Crippen molar-refractivity contribution in [3.8, 4) is 0 Å². The van der Waals surface area contributed by atoms with Crippen molar-refractivity contribution >= 4 is 17.4 Å². The third kappa shape index (κ3) is 2.71. The van der Waals surface area contributed by atoms with Crippen LogP contribution in [0.1, 0.15) is 50.2 Å². The molecular formula is C16H21NS. The van der Waals surface area contributed by atoms with Gasteiger partial charge in [-0.2, -0.15) is 0 Å². The molecule has 0 amide bonds. The lowest BCUT2D eigenvalue weighted by Crippen LogP contribution is -2.33. The van der Waals surface area contributed by atoms with Crippen LogP contribution in [-0.4, -0.2) is 11.7 Å². The number of hydrogen-bond acceptors (Lipinski definition) is 2. The third-order valence-electron chi connectivity index (χ3n) is 4.23. The Morgan fingerprint density at radius 2 is 1.94 bits per heavy atom. The first kappa shape index (κ1) is 13.5. The van der Waals surface area contributed by atoms with Crippen molar-refractivity contribution in [3.05, 3.63) is 35.4 Å². The van der Waals surface area contributed by atoms with E-state index in [9.17, 15) is 0 Å². The predicted octanol–water partition coefficient (Wildman–Crippen LogP) is 4.55. The number of aryl methyl sites for hydroxylation is 1. The molecule has 1 aliphatic rings. The van der Waals surface area contributed by atoms with Gasteiger partial charge in [-0.25, -0.2) is 4.99 Å². The quantitative estimate of drug-likeness (QED) is 0.570. The molecular weight excluding hydrogens is 238 g/mol. The molecule has 0 radical (unpaired) electrons. The van der Waals surface area contributed by atoms with Crippen molar-refractivity contribution in [2.75, 3.05) is 6.54 Å². The topological polar surface area (TPSA) is 12.4 Å². The summed E-state index contributed by atoms with van der Waals surface area (Å²) in [5.74, 6) is 0. The highest BCUT2D eigenvalue weighted by Crippen LogP contribution is 2.41. The standard InChI is InChI=1S/C16H21NS/c1-2-14-8-4-5-9-15(14)16(12-17-13-18)10-6-3-7-11-16/h4-5,8-9H,2-3,6-7,10-12H2,1H3. The van der Waals surface area contributed by atoms with Crippen LogP contribution in [0.5, 0.6) is 0 Å². The van der Waals surface area contributed by atoms with Gasteiger partial charge in [-0.15, -0.1) is 0 Å². The Balaban J connectivity index is 2.41. The first-order valence-electron chi connectivity index (χ1n) is 6.94. The fourth-order valence-electron chi connectivity index (χ4n) is 3.27. The van der Waals surface area contributed by atoms with E-state index in [4.69, 9.17) is 12.2 Å². The minimum Gasteiger partial charge on any atom is -0.232 e. The molecule has 0 saturated heterocycles. The highest BCUT2D eigenvalue weighted by molar-refractivity contribution is 7.78. The molecule has 1 nitrogen and oxygen atoms in total. The summed E-state index contributed by atoms with van der Waals surface area (Å²) in [6.45, 7) is 3.05. The molecule has 1 aromatic rings. The molecule has 1 saturated carbocycles. The highest BCUT2D eigenvalue weighted by atomic mass is 32.1. The summed E-state index contributed by atoms with van der Waals surface area (Å²) in [6, 6.07) is 8.85. The second kappa shape index (κ2) is 6.26. The Morgan fingerprint density at radius 3 is 2.61 bits per heavy atom. The molecule has 0 spiro atoms. The van der Waals surface area contributed by atoms with Crippen molar-refractivity contribution in [2.45, 2.75) is 50.9 Å². The van der Waals surface area contributed by atoms with E-state index in [1.807, 2.05) is 0 Å². The largest absolute Gasteiger partial charge is 0.232 e. The van der Waals surface area contributed by atoms with Crippen molar-refractivity contribution in [2.24, 2.45) is 4.99 Å². The van der Waals surface area contributed by atoms with Crippen LogP contribution >= 0.6 is 12.2 Å². The van der Waals surface area contributed by atoms with Gasteiger partial charge in [0.2, 0.25) is 0 Å². The number of hydrogen-bond donors (Lipinski definition) is 0. The molecule has 0 heterocycles. The van der Waals surface area contributed by atoms with Crippen LogP contribution in [0, 0.1) is 0 Å². The van der Waals surface area contributed by atoms with E-state index in [-0.39, 0.29) is 5.41 Å². The summed E-state index contributed by atoms with van der Waals surface area (Å²) in [5.41, 5.74) is 3.19. The van der Waals surface area contributed by atoms with Gasteiger partial charge < -0.3 is 0 Å². The Morgan fingerprint density at radius 1 is 1.22 bits per heavy atom. The second-order valence-electron chi connectivity index (χ2n) is 5.26. The second-order valence-corrected chi connectivity index (χ2v) is 5.44. The number of thiocarbonyl (C=S) groups is 1. The monoisotopic (exact) mass is 259 g/mol. The SMILES string of the molecule is CCc1ccccc1C1(CN=C=S)CCCCC1. The van der Waals surface area contributed by atoms with E-state index < -0.39 is 0 Å². The molecule has 0 atom stereocenters. The molecule has 2 rings (SSSR count). The molecule has 96 valence electrons. The zero-order valence-corrected chi connectivity index (χ0v) is 11.9. The van der Waals surface area contributed by atoms with Crippen LogP contribution in [0.15, 0.2) is 29.3 Å². The van der Waals surface area contributed by atoms with E-state index in [2.05, 4.69) is 41.3 Å². The zero-order chi connectivity index (χ0) is 12.8. The molecule has 0 aromatic heterocycles. The molecule has 0 aliphatic heterocycles. The van der Waals surface area contributed by atoms with Gasteiger partial charge >= 0.3 is 0 Å². The summed E-state index contributed by atoms with van der Waals surface area (Å²) < 4.78 is 0. The highest BCUT2D eigenvalue weighted by Gasteiger charge is 2.34. The maximum Gasteiger partial charge on any atom is 0.0589 e. The van der Waals surface area contributed by atoms with Crippen LogP contribution in [0.3, 0.4) is 0 Å². The van der Waals surface area contributed by atoms with E-state index in [0.717, 1.165) is 13.0 Å². The fourth-order valence-corrected chi connectivity index (χ4v) is 3.34. The average Bonchev–Trinajstić information content (AvgIpc) is 2.46. The number of isothiocyanates is 1. The summed E-state index contributed by atoms with van der Waals surface area (Å²) >= 11 is 4.76. The van der Waals surface area contributed by atoms with E-state index in [1.54, 1.807) is 0 Å². The minimum atomic E-state index is 0.219. The summed E-state index contributed by atoms with van der Waals surface area (Å²) in [4.78, 5) is 4.28. The van der Waals surface area contributed by atoms with Crippen molar-refractivity contribution in [1.29, 1.82) is 0 Å². The Labute approximate surface area is 115 Å². The first-order valence-corrected chi connectivity index (χ1v) is 7.35. The number of nitrogens with zero attached hydrogens (tertiary/aromatic N) is 1. The molecule has 2 heteroatoms. The van der Waals surface area contributed by atoms with Crippen LogP contribution < -0.4 is 0 Å². The molecule has 0 N–H and O–H groups in total. The van der Waals surface area contributed by atoms with Gasteiger partial charge in [0, 0.05) is 5.41 Å². The molecule has 1 aromatic carbocycles. The zero-order valence-electron chi connectivity index (χ0n) is 11.1. The maximum absolute atomic E-state index is 4.76. The predicted molar refractivity (Wildman–Crippen MR) is 80.5 cm³/mol. The number of rotatable bonds is 4. The lowest BCUT2D eigenvalue weighted by molar-refractivity contribution is 0.300. The van der Waals surface area contributed by atoms with Gasteiger partial charge in [0.15, 0.2) is 0 Å². The maximum atomic E-state index is 4.76. The summed E-state index contributed by atoms with van der Waals surface area (Å²) in [7, 11) is 0. The Bertz CT molecular complexity index is 440. The minimum absolute atomic E-state index is 0.219. The molecule has 1 aliphatic carbocycles. The first-order chi connectivity index (χ1) is 8.82. The molecule has 1 fully saturated rings. The molecule has 18 heavy (non-hydrogen) atoms. The van der Waals surface area contributed by atoms with Gasteiger partial charge in [0.05, 0.1) is 11.7 Å². The van der Waals surface area contributed by atoms with E-state index in [1.165, 1.54) is 43.2 Å². The summed E-state index contributed by atoms with van der Waals surface area (Å²) in [6.07, 6.45) is 7.56. The lowest BCUT2D eigenvalue weighted by atomic mass is 9.68. The van der Waals surface area contributed by atoms with Crippen molar-refractivity contribution in [3.63, 3.8) is 0 Å². The lowest BCUT2D eigenvalue weighted by Gasteiger charge is -2.37. The van der Waals surface area contributed by atoms with E-state index >= 15 is 0 Å². The molecule has 0 bridgehead atoms. The smallest absolute Gasteiger partial charge is 0.0589 e. The van der Waals surface area contributed by atoms with Gasteiger partial charge in [-0.05, 0) is 42.6 Å². The average molecular weight is 259 g/mol. The fraction of sp³-hybridized carbons (Fsp3) is 0.562. The number of aliphatic imine (C=N–C) groups is 1. The van der Waals surface area contributed by atoms with Gasteiger partial charge in [0.25, 0.3) is 0 Å². The van der Waals surface area contributed by atoms with Gasteiger partial charge in [-0.1, -0.05) is 50.5 Å². The van der Waals surface area contributed by atoms with Crippen LogP contribution in [0.4, 0.5) is 0 Å². The Hall–Kier alpha value is -0.980. The normalized spacial score (nSPS) is 18.1. The number of benzene rings is 1. The van der Waals surface area contributed by atoms with Crippen molar-refractivity contribution < 1.29 is 0 Å². The van der Waals surface area contributed by atoms with Crippen molar-refractivity contribution in [1.82, 2.24) is 0 Å². The van der Waals surface area contributed by atoms with Crippen LogP contribution in [-0.2, 0) is 11.8 Å². The van der Waals surface area contributed by atoms with Gasteiger partial charge in [0.1, 0.15) is 0 Å². The molecule has 0 unspecified atom stereocenters. The van der Waals surface area contributed by atoms with E-state index in [0.29, 0.717) is 0 Å². The van der Waals surface area contributed by atoms with Crippen LogP contribution in [0.2, 0.25) is 0 Å². The van der Waals surface area contributed by atoms with Crippen LogP contribution in [0.25, 0.3) is 0 Å². The third-order valence-corrected chi connectivity index (χ3v) is 4.36. The summed E-state index contributed by atoms with van der Waals surface area (Å²) in [5, 5.41) is 2.56. The Kier molecular flexibility index (Phi) is 4.68. The van der Waals surface area contributed by atoms with Gasteiger partial charge in [-0.3, -0.25) is 0 Å².